The number of aryl methyl sites for hydroxylation is 2. The van der Waals surface area contributed by atoms with Crippen molar-refractivity contribution in [3.8, 4) is 5.75 Å². The van der Waals surface area contributed by atoms with Crippen LogP contribution in [0.3, 0.4) is 0 Å². The summed E-state index contributed by atoms with van der Waals surface area (Å²) >= 11 is 6.07. The molecule has 3 rings (SSSR count). The maximum absolute atomic E-state index is 12.5. The predicted molar refractivity (Wildman–Crippen MR) is 122 cm³/mol. The van der Waals surface area contributed by atoms with Crippen molar-refractivity contribution in [2.24, 2.45) is 0 Å². The van der Waals surface area contributed by atoms with Gasteiger partial charge in [0, 0.05) is 16.3 Å². The van der Waals surface area contributed by atoms with Gasteiger partial charge in [0.05, 0.1) is 11.4 Å². The Labute approximate surface area is 187 Å². The van der Waals surface area contributed by atoms with Crippen molar-refractivity contribution in [3.05, 3.63) is 88.4 Å². The number of hydrogen-bond donors (Lipinski definition) is 2. The maximum Gasteiger partial charge on any atom is 0.261 e. The Morgan fingerprint density at radius 3 is 2.45 bits per heavy atom. The Bertz CT molecular complexity index is 1180. The van der Waals surface area contributed by atoms with E-state index in [1.807, 2.05) is 26.0 Å². The van der Waals surface area contributed by atoms with Crippen LogP contribution < -0.4 is 14.8 Å². The minimum absolute atomic E-state index is 0.154. The van der Waals surface area contributed by atoms with Gasteiger partial charge in [-0.2, -0.15) is 0 Å². The molecule has 0 saturated carbocycles. The fourth-order valence-electron chi connectivity index (χ4n) is 2.75. The molecular formula is C23H23ClN2O4S. The third kappa shape index (κ3) is 6.23. The third-order valence-corrected chi connectivity index (χ3v) is 6.31. The molecule has 0 spiro atoms. The molecule has 0 bridgehead atoms. The van der Waals surface area contributed by atoms with Crippen LogP contribution in [0.15, 0.2) is 71.6 Å². The highest BCUT2D eigenvalue weighted by molar-refractivity contribution is 7.92. The van der Waals surface area contributed by atoms with E-state index in [-0.39, 0.29) is 24.0 Å². The van der Waals surface area contributed by atoms with E-state index < -0.39 is 10.0 Å². The number of anilines is 1. The lowest BCUT2D eigenvalue weighted by Crippen LogP contribution is -2.28. The SMILES string of the molecule is Cc1ccc(S(=O)(=O)Nc2cccc(C(=O)NCCOc3ccc(C)c(Cl)c3)c2)cc1. The normalized spacial score (nSPS) is 11.1. The molecule has 0 saturated heterocycles. The minimum atomic E-state index is -3.74. The zero-order chi connectivity index (χ0) is 22.4. The van der Waals surface area contributed by atoms with Crippen LogP contribution in [0.4, 0.5) is 5.69 Å². The molecule has 31 heavy (non-hydrogen) atoms. The number of benzene rings is 3. The average Bonchev–Trinajstić information content (AvgIpc) is 2.73. The first-order chi connectivity index (χ1) is 14.7. The summed E-state index contributed by atoms with van der Waals surface area (Å²) < 4.78 is 33.2. The number of nitrogens with one attached hydrogen (secondary N) is 2. The first kappa shape index (κ1) is 22.7. The second-order valence-corrected chi connectivity index (χ2v) is 9.10. The number of halogens is 1. The standard InChI is InChI=1S/C23H23ClN2O4S/c1-16-6-10-21(11-7-16)31(28,29)26-19-5-3-4-18(14-19)23(27)25-12-13-30-20-9-8-17(2)22(24)15-20/h3-11,14-15,26H,12-13H2,1-2H3,(H,25,27). The molecule has 6 nitrogen and oxygen atoms in total. The van der Waals surface area contributed by atoms with Gasteiger partial charge in [-0.25, -0.2) is 8.42 Å². The molecule has 0 radical (unpaired) electrons. The zero-order valence-electron chi connectivity index (χ0n) is 17.2. The molecule has 0 atom stereocenters. The quantitative estimate of drug-likeness (QED) is 0.484. The van der Waals surface area contributed by atoms with Crippen molar-refractivity contribution in [2.45, 2.75) is 18.7 Å². The Hall–Kier alpha value is -3.03. The fourth-order valence-corrected chi connectivity index (χ4v) is 3.97. The van der Waals surface area contributed by atoms with Crippen molar-refractivity contribution in [1.82, 2.24) is 5.32 Å². The number of carbonyl (C=O) groups is 1. The molecule has 0 aliphatic carbocycles. The van der Waals surface area contributed by atoms with Gasteiger partial charge in [0.1, 0.15) is 12.4 Å². The highest BCUT2D eigenvalue weighted by atomic mass is 35.5. The van der Waals surface area contributed by atoms with Gasteiger partial charge in [-0.05, 0) is 61.9 Å². The molecule has 0 fully saturated rings. The summed E-state index contributed by atoms with van der Waals surface area (Å²) in [6, 6.07) is 18.2. The molecule has 162 valence electrons. The van der Waals surface area contributed by atoms with Crippen LogP contribution in [0.25, 0.3) is 0 Å². The van der Waals surface area contributed by atoms with Crippen LogP contribution in [0, 0.1) is 13.8 Å². The summed E-state index contributed by atoms with van der Waals surface area (Å²) in [5.41, 5.74) is 2.56. The molecule has 0 aliphatic rings. The lowest BCUT2D eigenvalue weighted by Gasteiger charge is -2.11. The molecule has 0 unspecified atom stereocenters. The number of amides is 1. The van der Waals surface area contributed by atoms with E-state index in [1.165, 1.54) is 18.2 Å². The second kappa shape index (κ2) is 9.85. The lowest BCUT2D eigenvalue weighted by atomic mass is 10.2. The molecule has 8 heteroatoms. The van der Waals surface area contributed by atoms with E-state index in [1.54, 1.807) is 36.4 Å². The van der Waals surface area contributed by atoms with Crippen LogP contribution in [-0.2, 0) is 10.0 Å². The Kier molecular flexibility index (Phi) is 7.20. The predicted octanol–water partition coefficient (Wildman–Crippen LogP) is 4.57. The van der Waals surface area contributed by atoms with Crippen molar-refractivity contribution in [3.63, 3.8) is 0 Å². The van der Waals surface area contributed by atoms with Gasteiger partial charge in [0.2, 0.25) is 0 Å². The molecule has 3 aromatic rings. The number of rotatable bonds is 8. The number of carbonyl (C=O) groups excluding carboxylic acids is 1. The molecular weight excluding hydrogens is 436 g/mol. The minimum Gasteiger partial charge on any atom is -0.492 e. The van der Waals surface area contributed by atoms with Crippen LogP contribution in [0.2, 0.25) is 5.02 Å². The van der Waals surface area contributed by atoms with E-state index in [9.17, 15) is 13.2 Å². The first-order valence-electron chi connectivity index (χ1n) is 9.61. The van der Waals surface area contributed by atoms with E-state index in [0.717, 1.165) is 11.1 Å². The Balaban J connectivity index is 1.57. The molecule has 3 aromatic carbocycles. The van der Waals surface area contributed by atoms with Crippen molar-refractivity contribution < 1.29 is 17.9 Å². The van der Waals surface area contributed by atoms with E-state index >= 15 is 0 Å². The summed E-state index contributed by atoms with van der Waals surface area (Å²) in [5.74, 6) is 0.291. The summed E-state index contributed by atoms with van der Waals surface area (Å²) in [5, 5.41) is 3.37. The topological polar surface area (TPSA) is 84.5 Å². The largest absolute Gasteiger partial charge is 0.492 e. The number of hydrogen-bond acceptors (Lipinski definition) is 4. The summed E-state index contributed by atoms with van der Waals surface area (Å²) in [4.78, 5) is 12.6. The van der Waals surface area contributed by atoms with Gasteiger partial charge in [0.15, 0.2) is 0 Å². The molecule has 0 aliphatic heterocycles. The van der Waals surface area contributed by atoms with Gasteiger partial charge in [-0.15, -0.1) is 0 Å². The van der Waals surface area contributed by atoms with E-state index in [4.69, 9.17) is 16.3 Å². The molecule has 2 N–H and O–H groups in total. The van der Waals surface area contributed by atoms with Gasteiger partial charge < -0.3 is 10.1 Å². The molecule has 0 aromatic heterocycles. The average molecular weight is 459 g/mol. The van der Waals surface area contributed by atoms with Gasteiger partial charge in [-0.3, -0.25) is 9.52 Å². The third-order valence-electron chi connectivity index (χ3n) is 4.51. The summed E-state index contributed by atoms with van der Waals surface area (Å²) in [6.07, 6.45) is 0. The van der Waals surface area contributed by atoms with E-state index in [0.29, 0.717) is 22.0 Å². The van der Waals surface area contributed by atoms with Gasteiger partial charge >= 0.3 is 0 Å². The van der Waals surface area contributed by atoms with E-state index in [2.05, 4.69) is 10.0 Å². The Morgan fingerprint density at radius 1 is 1.00 bits per heavy atom. The second-order valence-electron chi connectivity index (χ2n) is 7.01. The maximum atomic E-state index is 12.5. The van der Waals surface area contributed by atoms with Crippen LogP contribution in [0.1, 0.15) is 21.5 Å². The number of sulfonamides is 1. The van der Waals surface area contributed by atoms with Crippen molar-refractivity contribution in [1.29, 1.82) is 0 Å². The van der Waals surface area contributed by atoms with Gasteiger partial charge in [-0.1, -0.05) is 41.4 Å². The zero-order valence-corrected chi connectivity index (χ0v) is 18.8. The lowest BCUT2D eigenvalue weighted by molar-refractivity contribution is 0.0947. The van der Waals surface area contributed by atoms with Crippen LogP contribution in [-0.4, -0.2) is 27.5 Å². The monoisotopic (exact) mass is 458 g/mol. The van der Waals surface area contributed by atoms with Crippen molar-refractivity contribution >= 4 is 33.2 Å². The highest BCUT2D eigenvalue weighted by Gasteiger charge is 2.15. The van der Waals surface area contributed by atoms with Gasteiger partial charge in [0.25, 0.3) is 15.9 Å². The van der Waals surface area contributed by atoms with Crippen LogP contribution >= 0.6 is 11.6 Å². The van der Waals surface area contributed by atoms with Crippen molar-refractivity contribution in [2.75, 3.05) is 17.9 Å². The molecule has 0 heterocycles. The first-order valence-corrected chi connectivity index (χ1v) is 11.5. The Morgan fingerprint density at radius 2 is 1.74 bits per heavy atom. The number of ether oxygens (including phenoxy) is 1. The molecule has 1 amide bonds. The van der Waals surface area contributed by atoms with Crippen LogP contribution in [0.5, 0.6) is 5.75 Å². The highest BCUT2D eigenvalue weighted by Crippen LogP contribution is 2.21. The summed E-state index contributed by atoms with van der Waals surface area (Å²) in [7, 11) is -3.74. The smallest absolute Gasteiger partial charge is 0.261 e. The fraction of sp³-hybridized carbons (Fsp3) is 0.174. The summed E-state index contributed by atoms with van der Waals surface area (Å²) in [6.45, 7) is 4.34.